The van der Waals surface area contributed by atoms with Crippen LogP contribution in [0.4, 0.5) is 0 Å². The minimum Gasteiger partial charge on any atom is -0.309 e. The first-order chi connectivity index (χ1) is 9.33. The Balaban J connectivity index is 1.85. The molecule has 19 heavy (non-hydrogen) atoms. The smallest absolute Gasteiger partial charge is 0.115 e. The third-order valence-corrected chi connectivity index (χ3v) is 3.77. The highest BCUT2D eigenvalue weighted by Crippen LogP contribution is 2.25. The van der Waals surface area contributed by atoms with Gasteiger partial charge in [-0.25, -0.2) is 9.97 Å². The molecule has 0 saturated carbocycles. The van der Waals surface area contributed by atoms with Crippen LogP contribution in [0.3, 0.4) is 0 Å². The number of hydrogen-bond acceptors (Lipinski definition) is 3. The van der Waals surface area contributed by atoms with Crippen LogP contribution in [-0.2, 0) is 6.42 Å². The molecule has 1 fully saturated rings. The first-order valence-electron chi connectivity index (χ1n) is 6.59. The highest BCUT2D eigenvalue weighted by atomic mass is 35.5. The quantitative estimate of drug-likeness (QED) is 0.934. The second kappa shape index (κ2) is 5.68. The van der Waals surface area contributed by atoms with Gasteiger partial charge in [-0.05, 0) is 42.6 Å². The van der Waals surface area contributed by atoms with E-state index in [1.54, 1.807) is 6.33 Å². The molecule has 2 aromatic rings. The molecule has 0 radical (unpaired) electrons. The van der Waals surface area contributed by atoms with Crippen molar-refractivity contribution in [3.63, 3.8) is 0 Å². The van der Waals surface area contributed by atoms with Gasteiger partial charge in [0.25, 0.3) is 0 Å². The molecule has 0 amide bonds. The molecule has 0 spiro atoms. The Morgan fingerprint density at radius 2 is 2.11 bits per heavy atom. The summed E-state index contributed by atoms with van der Waals surface area (Å²) < 4.78 is 0. The van der Waals surface area contributed by atoms with Gasteiger partial charge in [0.05, 0.1) is 5.69 Å². The first-order valence-corrected chi connectivity index (χ1v) is 6.97. The van der Waals surface area contributed by atoms with Gasteiger partial charge < -0.3 is 5.32 Å². The Morgan fingerprint density at radius 1 is 1.26 bits per heavy atom. The van der Waals surface area contributed by atoms with Crippen LogP contribution < -0.4 is 5.32 Å². The highest BCUT2D eigenvalue weighted by Gasteiger charge is 2.20. The van der Waals surface area contributed by atoms with Gasteiger partial charge in [-0.2, -0.15) is 0 Å². The Bertz CT molecular complexity index is 548. The lowest BCUT2D eigenvalue weighted by atomic mass is 10.0. The van der Waals surface area contributed by atoms with E-state index in [-0.39, 0.29) is 0 Å². The molecule has 1 aromatic heterocycles. The monoisotopic (exact) mass is 273 g/mol. The third kappa shape index (κ3) is 2.94. The van der Waals surface area contributed by atoms with E-state index in [0.717, 1.165) is 30.1 Å². The summed E-state index contributed by atoms with van der Waals surface area (Å²) in [7, 11) is 0. The van der Waals surface area contributed by atoms with Crippen molar-refractivity contribution in [3.05, 3.63) is 58.6 Å². The summed E-state index contributed by atoms with van der Waals surface area (Å²) in [5, 5.41) is 4.27. The van der Waals surface area contributed by atoms with Crippen molar-refractivity contribution in [2.45, 2.75) is 25.3 Å². The lowest BCUT2D eigenvalue weighted by molar-refractivity contribution is 0.618. The third-order valence-electron chi connectivity index (χ3n) is 3.52. The van der Waals surface area contributed by atoms with E-state index >= 15 is 0 Å². The molecule has 2 heterocycles. The summed E-state index contributed by atoms with van der Waals surface area (Å²) in [4.78, 5) is 8.64. The number of halogens is 1. The van der Waals surface area contributed by atoms with Crippen LogP contribution in [0.5, 0.6) is 0 Å². The van der Waals surface area contributed by atoms with Crippen LogP contribution in [0.2, 0.25) is 5.02 Å². The summed E-state index contributed by atoms with van der Waals surface area (Å²) in [6.45, 7) is 1.08. The summed E-state index contributed by atoms with van der Waals surface area (Å²) in [6.07, 6.45) is 6.79. The molecular weight excluding hydrogens is 258 g/mol. The standard InChI is InChI=1S/C15H16ClN3/c16-13-5-3-11(4-6-13)8-12-9-17-10-19-15(12)14-2-1-7-18-14/h3-6,9-10,14,18H,1-2,7-8H2. The van der Waals surface area contributed by atoms with E-state index < -0.39 is 0 Å². The van der Waals surface area contributed by atoms with Crippen LogP contribution in [0.25, 0.3) is 0 Å². The van der Waals surface area contributed by atoms with Crippen LogP contribution in [0, 0.1) is 0 Å². The molecule has 98 valence electrons. The Hall–Kier alpha value is -1.45. The normalized spacial score (nSPS) is 18.7. The molecule has 3 nitrogen and oxygen atoms in total. The topological polar surface area (TPSA) is 37.8 Å². The minimum atomic E-state index is 0.380. The van der Waals surface area contributed by atoms with Crippen LogP contribution in [0.1, 0.15) is 35.7 Å². The average molecular weight is 274 g/mol. The van der Waals surface area contributed by atoms with Gasteiger partial charge in [0, 0.05) is 23.7 Å². The van der Waals surface area contributed by atoms with E-state index in [9.17, 15) is 0 Å². The SMILES string of the molecule is Clc1ccc(Cc2cncnc2C2CCCN2)cc1. The molecule has 1 unspecified atom stereocenters. The van der Waals surface area contributed by atoms with E-state index in [4.69, 9.17) is 11.6 Å². The number of nitrogens with one attached hydrogen (secondary N) is 1. The van der Waals surface area contributed by atoms with Gasteiger partial charge in [0.2, 0.25) is 0 Å². The number of rotatable bonds is 3. The molecule has 0 aliphatic carbocycles. The van der Waals surface area contributed by atoms with Crippen LogP contribution in [-0.4, -0.2) is 16.5 Å². The molecule has 3 rings (SSSR count). The molecule has 0 bridgehead atoms. The van der Waals surface area contributed by atoms with Crippen LogP contribution in [0.15, 0.2) is 36.8 Å². The lowest BCUT2D eigenvalue weighted by Crippen LogP contribution is -2.16. The summed E-state index contributed by atoms with van der Waals surface area (Å²) in [6, 6.07) is 8.34. The predicted octanol–water partition coefficient (Wildman–Crippen LogP) is 3.15. The molecule has 4 heteroatoms. The Kier molecular flexibility index (Phi) is 3.76. The zero-order valence-corrected chi connectivity index (χ0v) is 11.4. The van der Waals surface area contributed by atoms with E-state index in [1.165, 1.54) is 17.5 Å². The highest BCUT2D eigenvalue weighted by molar-refractivity contribution is 6.30. The van der Waals surface area contributed by atoms with Gasteiger partial charge in [0.1, 0.15) is 6.33 Å². The maximum atomic E-state index is 5.91. The maximum absolute atomic E-state index is 5.91. The molecule has 1 aromatic carbocycles. The van der Waals surface area contributed by atoms with E-state index in [1.807, 2.05) is 18.3 Å². The van der Waals surface area contributed by atoms with Crippen molar-refractivity contribution in [2.75, 3.05) is 6.54 Å². The lowest BCUT2D eigenvalue weighted by Gasteiger charge is -2.14. The van der Waals surface area contributed by atoms with Crippen molar-refractivity contribution >= 4 is 11.6 Å². The largest absolute Gasteiger partial charge is 0.309 e. The second-order valence-electron chi connectivity index (χ2n) is 4.89. The number of hydrogen-bond donors (Lipinski definition) is 1. The first kappa shape index (κ1) is 12.6. The average Bonchev–Trinajstić information content (AvgIpc) is 2.96. The molecule has 1 atom stereocenters. The number of benzene rings is 1. The molecule has 1 aliphatic heterocycles. The van der Waals surface area contributed by atoms with Crippen molar-refractivity contribution in [3.8, 4) is 0 Å². The van der Waals surface area contributed by atoms with Gasteiger partial charge >= 0.3 is 0 Å². The minimum absolute atomic E-state index is 0.380. The summed E-state index contributed by atoms with van der Waals surface area (Å²) in [5.74, 6) is 0. The molecule has 1 N–H and O–H groups in total. The van der Waals surface area contributed by atoms with Crippen molar-refractivity contribution in [1.29, 1.82) is 0 Å². The Morgan fingerprint density at radius 3 is 2.84 bits per heavy atom. The fourth-order valence-electron chi connectivity index (χ4n) is 2.56. The molecule has 1 aliphatic rings. The van der Waals surface area contributed by atoms with Gasteiger partial charge in [0.15, 0.2) is 0 Å². The zero-order valence-electron chi connectivity index (χ0n) is 10.6. The fraction of sp³-hybridized carbons (Fsp3) is 0.333. The van der Waals surface area contributed by atoms with Gasteiger partial charge in [-0.1, -0.05) is 23.7 Å². The molecular formula is C15H16ClN3. The van der Waals surface area contributed by atoms with Crippen molar-refractivity contribution in [2.24, 2.45) is 0 Å². The Labute approximate surface area is 118 Å². The van der Waals surface area contributed by atoms with E-state index in [0.29, 0.717) is 6.04 Å². The van der Waals surface area contributed by atoms with Crippen molar-refractivity contribution < 1.29 is 0 Å². The van der Waals surface area contributed by atoms with Gasteiger partial charge in [-0.15, -0.1) is 0 Å². The zero-order chi connectivity index (χ0) is 13.1. The summed E-state index contributed by atoms with van der Waals surface area (Å²) in [5.41, 5.74) is 3.57. The molecule has 1 saturated heterocycles. The number of aromatic nitrogens is 2. The van der Waals surface area contributed by atoms with Crippen molar-refractivity contribution in [1.82, 2.24) is 15.3 Å². The van der Waals surface area contributed by atoms with Crippen LogP contribution >= 0.6 is 11.6 Å². The number of nitrogens with zero attached hydrogens (tertiary/aromatic N) is 2. The van der Waals surface area contributed by atoms with Gasteiger partial charge in [-0.3, -0.25) is 0 Å². The fourth-order valence-corrected chi connectivity index (χ4v) is 2.68. The maximum Gasteiger partial charge on any atom is 0.115 e. The summed E-state index contributed by atoms with van der Waals surface area (Å²) >= 11 is 5.91. The predicted molar refractivity (Wildman–Crippen MR) is 76.3 cm³/mol. The van der Waals surface area contributed by atoms with E-state index in [2.05, 4.69) is 27.4 Å². The second-order valence-corrected chi connectivity index (χ2v) is 5.32.